The van der Waals surface area contributed by atoms with Crippen LogP contribution < -0.4 is 4.90 Å². The van der Waals surface area contributed by atoms with Gasteiger partial charge in [-0.3, -0.25) is 4.79 Å². The van der Waals surface area contributed by atoms with Crippen molar-refractivity contribution < 1.29 is 4.79 Å². The predicted molar refractivity (Wildman–Crippen MR) is 70.7 cm³/mol. The van der Waals surface area contributed by atoms with Gasteiger partial charge in [0.2, 0.25) is 5.91 Å². The predicted octanol–water partition coefficient (Wildman–Crippen LogP) is 3.87. The Morgan fingerprint density at radius 3 is 2.12 bits per heavy atom. The van der Waals surface area contributed by atoms with Crippen LogP contribution in [-0.2, 0) is 4.79 Å². The summed E-state index contributed by atoms with van der Waals surface area (Å²) in [5, 5.41) is 0. The number of benzene rings is 1. The van der Waals surface area contributed by atoms with Crippen molar-refractivity contribution in [3.05, 3.63) is 30.3 Å². The van der Waals surface area contributed by atoms with E-state index in [2.05, 4.69) is 6.92 Å². The van der Waals surface area contributed by atoms with Gasteiger partial charge in [0.25, 0.3) is 0 Å². The van der Waals surface area contributed by atoms with E-state index >= 15 is 0 Å². The number of para-hydroxylation sites is 1. The number of carbonyl (C=O) groups excluding carboxylic acids is 1. The molecule has 0 aliphatic rings. The lowest BCUT2D eigenvalue weighted by atomic mass is 10.2. The molecule has 2 heteroatoms. The molecule has 0 saturated carbocycles. The number of anilines is 1. The van der Waals surface area contributed by atoms with Gasteiger partial charge < -0.3 is 4.90 Å². The molecule has 1 amide bonds. The van der Waals surface area contributed by atoms with Crippen molar-refractivity contribution in [1.82, 2.24) is 0 Å². The zero-order valence-corrected chi connectivity index (χ0v) is 10.9. The highest BCUT2D eigenvalue weighted by Gasteiger charge is 2.11. The van der Waals surface area contributed by atoms with Crippen LogP contribution in [0.3, 0.4) is 0 Å². The zero-order chi connectivity index (χ0) is 12.4. The Labute approximate surface area is 99.3 Å². The molecule has 0 heterocycles. The van der Waals surface area contributed by atoms with Crippen molar-refractivity contribution in [2.24, 2.45) is 0 Å². The fraction of sp³-hybridized carbons (Fsp3) is 0.500. The van der Waals surface area contributed by atoms with E-state index in [4.69, 9.17) is 0 Å². The second kappa shape index (κ2) is 8.96. The molecule has 90 valence electrons. The maximum absolute atomic E-state index is 11.6. The van der Waals surface area contributed by atoms with Crippen molar-refractivity contribution in [3.63, 3.8) is 0 Å². The van der Waals surface area contributed by atoms with Crippen LogP contribution in [-0.4, -0.2) is 12.5 Å². The molecular weight excluding hydrogens is 198 g/mol. The van der Waals surface area contributed by atoms with E-state index in [-0.39, 0.29) is 5.91 Å². The molecule has 0 N–H and O–H groups in total. The van der Waals surface area contributed by atoms with Gasteiger partial charge in [-0.25, -0.2) is 0 Å². The van der Waals surface area contributed by atoms with Crippen LogP contribution in [0.5, 0.6) is 0 Å². The first-order chi connectivity index (χ1) is 7.79. The quantitative estimate of drug-likeness (QED) is 0.756. The third-order valence-electron chi connectivity index (χ3n) is 2.12. The lowest BCUT2D eigenvalue weighted by molar-refractivity contribution is -0.118. The fourth-order valence-electron chi connectivity index (χ4n) is 1.42. The monoisotopic (exact) mass is 221 g/mol. The first kappa shape index (κ1) is 14.7. The average molecular weight is 221 g/mol. The number of carbonyl (C=O) groups is 1. The summed E-state index contributed by atoms with van der Waals surface area (Å²) < 4.78 is 0. The SMILES string of the molecule is CC.CCCN(C(=O)CC)c1ccccc1. The highest BCUT2D eigenvalue weighted by Crippen LogP contribution is 2.14. The van der Waals surface area contributed by atoms with Crippen molar-refractivity contribution in [2.75, 3.05) is 11.4 Å². The normalized spacial score (nSPS) is 9.00. The summed E-state index contributed by atoms with van der Waals surface area (Å²) in [6, 6.07) is 9.83. The van der Waals surface area contributed by atoms with E-state index in [1.165, 1.54) is 0 Å². The minimum atomic E-state index is 0.193. The van der Waals surface area contributed by atoms with Gasteiger partial charge in [-0.2, -0.15) is 0 Å². The molecule has 1 aromatic carbocycles. The molecule has 0 radical (unpaired) electrons. The summed E-state index contributed by atoms with van der Waals surface area (Å²) in [5.74, 6) is 0.193. The summed E-state index contributed by atoms with van der Waals surface area (Å²) in [5.41, 5.74) is 1.00. The molecule has 0 aromatic heterocycles. The molecule has 0 aliphatic heterocycles. The van der Waals surface area contributed by atoms with Gasteiger partial charge in [0.05, 0.1) is 0 Å². The molecule has 1 rings (SSSR count). The molecule has 0 unspecified atom stereocenters. The van der Waals surface area contributed by atoms with E-state index < -0.39 is 0 Å². The smallest absolute Gasteiger partial charge is 0.226 e. The lowest BCUT2D eigenvalue weighted by Gasteiger charge is -2.21. The third kappa shape index (κ3) is 4.47. The third-order valence-corrected chi connectivity index (χ3v) is 2.12. The van der Waals surface area contributed by atoms with Crippen molar-refractivity contribution in [2.45, 2.75) is 40.5 Å². The Morgan fingerprint density at radius 2 is 1.69 bits per heavy atom. The number of hydrogen-bond acceptors (Lipinski definition) is 1. The van der Waals surface area contributed by atoms with Crippen LogP contribution in [0.25, 0.3) is 0 Å². The maximum atomic E-state index is 11.6. The van der Waals surface area contributed by atoms with Crippen molar-refractivity contribution in [1.29, 1.82) is 0 Å². The molecule has 0 atom stereocenters. The van der Waals surface area contributed by atoms with E-state index in [1.54, 1.807) is 0 Å². The van der Waals surface area contributed by atoms with Crippen LogP contribution >= 0.6 is 0 Å². The van der Waals surface area contributed by atoms with Gasteiger partial charge in [-0.1, -0.05) is 45.9 Å². The highest BCUT2D eigenvalue weighted by atomic mass is 16.2. The molecule has 0 bridgehead atoms. The number of nitrogens with zero attached hydrogens (tertiary/aromatic N) is 1. The van der Waals surface area contributed by atoms with Gasteiger partial charge in [-0.05, 0) is 18.6 Å². The standard InChI is InChI=1S/C12H17NO.C2H6/c1-3-10-13(12(14)4-2)11-8-6-5-7-9-11;1-2/h5-9H,3-4,10H2,1-2H3;1-2H3. The number of hydrogen-bond donors (Lipinski definition) is 0. The minimum Gasteiger partial charge on any atom is -0.312 e. The molecule has 2 nitrogen and oxygen atoms in total. The fourth-order valence-corrected chi connectivity index (χ4v) is 1.42. The Kier molecular flexibility index (Phi) is 8.22. The molecule has 0 spiro atoms. The van der Waals surface area contributed by atoms with Crippen LogP contribution in [0.2, 0.25) is 0 Å². The molecule has 16 heavy (non-hydrogen) atoms. The van der Waals surface area contributed by atoms with Gasteiger partial charge in [-0.15, -0.1) is 0 Å². The largest absolute Gasteiger partial charge is 0.312 e. The van der Waals surface area contributed by atoms with Crippen LogP contribution in [0.4, 0.5) is 5.69 Å². The topological polar surface area (TPSA) is 20.3 Å². The Morgan fingerprint density at radius 1 is 1.12 bits per heavy atom. The Bertz CT molecular complexity index is 282. The van der Waals surface area contributed by atoms with Gasteiger partial charge in [0, 0.05) is 18.7 Å². The second-order valence-electron chi connectivity index (χ2n) is 3.23. The summed E-state index contributed by atoms with van der Waals surface area (Å²) >= 11 is 0. The maximum Gasteiger partial charge on any atom is 0.226 e. The Balaban J connectivity index is 0.00000106. The number of amides is 1. The van der Waals surface area contributed by atoms with Gasteiger partial charge in [0.1, 0.15) is 0 Å². The summed E-state index contributed by atoms with van der Waals surface area (Å²) in [6.07, 6.45) is 1.55. The molecule has 0 saturated heterocycles. The van der Waals surface area contributed by atoms with Crippen LogP contribution in [0.1, 0.15) is 40.5 Å². The van der Waals surface area contributed by atoms with E-state index in [1.807, 2.05) is 56.0 Å². The number of rotatable bonds is 4. The van der Waals surface area contributed by atoms with E-state index in [0.717, 1.165) is 18.7 Å². The van der Waals surface area contributed by atoms with E-state index in [0.29, 0.717) is 6.42 Å². The molecular formula is C14H23NO. The van der Waals surface area contributed by atoms with Crippen LogP contribution in [0, 0.1) is 0 Å². The Hall–Kier alpha value is -1.31. The van der Waals surface area contributed by atoms with Crippen LogP contribution in [0.15, 0.2) is 30.3 Å². The lowest BCUT2D eigenvalue weighted by Crippen LogP contribution is -2.30. The average Bonchev–Trinajstić information content (AvgIpc) is 2.38. The first-order valence-corrected chi connectivity index (χ1v) is 6.15. The van der Waals surface area contributed by atoms with Crippen molar-refractivity contribution >= 4 is 11.6 Å². The van der Waals surface area contributed by atoms with E-state index in [9.17, 15) is 4.79 Å². The summed E-state index contributed by atoms with van der Waals surface area (Å²) in [6.45, 7) is 8.78. The van der Waals surface area contributed by atoms with Gasteiger partial charge in [0.15, 0.2) is 0 Å². The molecule has 1 aromatic rings. The minimum absolute atomic E-state index is 0.193. The summed E-state index contributed by atoms with van der Waals surface area (Å²) in [7, 11) is 0. The zero-order valence-electron chi connectivity index (χ0n) is 10.9. The summed E-state index contributed by atoms with van der Waals surface area (Å²) in [4.78, 5) is 13.5. The first-order valence-electron chi connectivity index (χ1n) is 6.15. The van der Waals surface area contributed by atoms with Crippen molar-refractivity contribution in [3.8, 4) is 0 Å². The second-order valence-corrected chi connectivity index (χ2v) is 3.23. The molecule has 0 aliphatic carbocycles. The van der Waals surface area contributed by atoms with Gasteiger partial charge >= 0.3 is 0 Å². The highest BCUT2D eigenvalue weighted by molar-refractivity contribution is 5.93. The molecule has 0 fully saturated rings.